The van der Waals surface area contributed by atoms with Gasteiger partial charge in [0.2, 0.25) is 5.78 Å². The van der Waals surface area contributed by atoms with Crippen molar-refractivity contribution in [3.8, 4) is 0 Å². The van der Waals surface area contributed by atoms with Crippen LogP contribution in [0.4, 0.5) is 10.1 Å². The van der Waals surface area contributed by atoms with E-state index >= 15 is 0 Å². The first-order valence-electron chi connectivity index (χ1n) is 4.84. The van der Waals surface area contributed by atoms with Crippen LogP contribution in [0.2, 0.25) is 4.34 Å². The summed E-state index contributed by atoms with van der Waals surface area (Å²) in [4.78, 5) is 12.5. The zero-order chi connectivity index (χ0) is 12.6. The van der Waals surface area contributed by atoms with Gasteiger partial charge in [0, 0.05) is 5.56 Å². The number of nitrogen functional groups attached to an aromatic ring is 1. The molecule has 1 aromatic carbocycles. The molecule has 0 spiro atoms. The van der Waals surface area contributed by atoms with Gasteiger partial charge in [-0.1, -0.05) is 11.6 Å². The summed E-state index contributed by atoms with van der Waals surface area (Å²) in [6.45, 7) is 1.82. The number of anilines is 1. The fourth-order valence-electron chi connectivity index (χ4n) is 1.38. The first-order chi connectivity index (χ1) is 7.99. The molecule has 2 aromatic rings. The lowest BCUT2D eigenvalue weighted by Crippen LogP contribution is -2.00. The molecule has 2 nitrogen and oxygen atoms in total. The molecule has 0 aliphatic rings. The number of carbonyl (C=O) groups is 1. The quantitative estimate of drug-likeness (QED) is 0.668. The van der Waals surface area contributed by atoms with Crippen LogP contribution in [0.3, 0.4) is 0 Å². The third-order valence-electron chi connectivity index (χ3n) is 2.34. The molecule has 0 saturated carbocycles. The highest BCUT2D eigenvalue weighted by Gasteiger charge is 2.14. The number of nitrogens with two attached hydrogens (primary N) is 1. The van der Waals surface area contributed by atoms with Crippen molar-refractivity contribution in [2.45, 2.75) is 6.92 Å². The van der Waals surface area contributed by atoms with Crippen LogP contribution in [0.1, 0.15) is 20.8 Å². The number of aryl methyl sites for hydroxylation is 1. The summed E-state index contributed by atoms with van der Waals surface area (Å²) in [5, 5.41) is 0. The third kappa shape index (κ3) is 2.33. The van der Waals surface area contributed by atoms with Crippen molar-refractivity contribution in [2.75, 3.05) is 5.73 Å². The molecule has 0 atom stereocenters. The third-order valence-corrected chi connectivity index (χ3v) is 3.90. The average molecular weight is 270 g/mol. The summed E-state index contributed by atoms with van der Waals surface area (Å²) in [5.74, 6) is -0.834. The van der Waals surface area contributed by atoms with E-state index in [9.17, 15) is 9.18 Å². The van der Waals surface area contributed by atoms with Crippen molar-refractivity contribution in [3.63, 3.8) is 0 Å². The lowest BCUT2D eigenvalue weighted by atomic mass is 10.1. The highest BCUT2D eigenvalue weighted by molar-refractivity contribution is 7.18. The van der Waals surface area contributed by atoms with E-state index in [2.05, 4.69) is 0 Å². The molecular formula is C12H9ClFNOS. The molecule has 0 amide bonds. The monoisotopic (exact) mass is 269 g/mol. The van der Waals surface area contributed by atoms with Gasteiger partial charge in [0.1, 0.15) is 5.82 Å². The number of halogens is 2. The molecule has 2 N–H and O–H groups in total. The number of benzene rings is 1. The van der Waals surface area contributed by atoms with Gasteiger partial charge in [-0.25, -0.2) is 4.39 Å². The average Bonchev–Trinajstić information content (AvgIpc) is 2.62. The van der Waals surface area contributed by atoms with E-state index in [4.69, 9.17) is 17.3 Å². The molecule has 1 heterocycles. The van der Waals surface area contributed by atoms with Gasteiger partial charge in [0.05, 0.1) is 14.9 Å². The van der Waals surface area contributed by atoms with Crippen LogP contribution in [0.25, 0.3) is 0 Å². The van der Waals surface area contributed by atoms with Gasteiger partial charge in [0.15, 0.2) is 0 Å². The van der Waals surface area contributed by atoms with Crippen LogP contribution in [-0.4, -0.2) is 5.78 Å². The molecular weight excluding hydrogens is 261 g/mol. The number of ketones is 1. The fraction of sp³-hybridized carbons (Fsp3) is 0.0833. The first-order valence-corrected chi connectivity index (χ1v) is 6.04. The molecule has 0 bridgehead atoms. The SMILES string of the molecule is Cc1cc(C(=O)c2ccc(N)c(F)c2)sc1Cl. The first kappa shape index (κ1) is 12.1. The van der Waals surface area contributed by atoms with Gasteiger partial charge in [-0.3, -0.25) is 4.79 Å². The fourth-order valence-corrected chi connectivity index (χ4v) is 2.55. The van der Waals surface area contributed by atoms with Gasteiger partial charge < -0.3 is 5.73 Å². The molecule has 2 rings (SSSR count). The largest absolute Gasteiger partial charge is 0.396 e. The molecule has 0 fully saturated rings. The second-order valence-corrected chi connectivity index (χ2v) is 5.29. The maximum atomic E-state index is 13.2. The number of carbonyl (C=O) groups excluding carboxylic acids is 1. The molecule has 5 heteroatoms. The van der Waals surface area contributed by atoms with E-state index in [0.717, 1.165) is 11.6 Å². The number of rotatable bonds is 2. The van der Waals surface area contributed by atoms with Gasteiger partial charge in [-0.05, 0) is 36.8 Å². The van der Waals surface area contributed by atoms with Crippen molar-refractivity contribution in [2.24, 2.45) is 0 Å². The van der Waals surface area contributed by atoms with E-state index < -0.39 is 5.82 Å². The van der Waals surface area contributed by atoms with E-state index in [1.807, 2.05) is 6.92 Å². The normalized spacial score (nSPS) is 10.5. The maximum Gasteiger partial charge on any atom is 0.203 e. The Kier molecular flexibility index (Phi) is 3.17. The van der Waals surface area contributed by atoms with Gasteiger partial charge in [0.25, 0.3) is 0 Å². The molecule has 0 aliphatic heterocycles. The highest BCUT2D eigenvalue weighted by Crippen LogP contribution is 2.28. The molecule has 17 heavy (non-hydrogen) atoms. The summed E-state index contributed by atoms with van der Waals surface area (Å²) < 4.78 is 13.8. The Labute approximate surface area is 107 Å². The van der Waals surface area contributed by atoms with E-state index in [0.29, 0.717) is 9.21 Å². The lowest BCUT2D eigenvalue weighted by molar-refractivity contribution is 0.104. The Hall–Kier alpha value is -1.39. The van der Waals surface area contributed by atoms with Crippen LogP contribution >= 0.6 is 22.9 Å². The van der Waals surface area contributed by atoms with Crippen molar-refractivity contribution in [3.05, 3.63) is 50.4 Å². The summed E-state index contributed by atoms with van der Waals surface area (Å²) in [6.07, 6.45) is 0. The predicted molar refractivity (Wildman–Crippen MR) is 68.3 cm³/mol. The predicted octanol–water partition coefficient (Wildman–Crippen LogP) is 3.66. The molecule has 0 unspecified atom stereocenters. The van der Waals surface area contributed by atoms with E-state index in [1.165, 1.54) is 23.5 Å². The van der Waals surface area contributed by atoms with Crippen LogP contribution in [0.15, 0.2) is 24.3 Å². The van der Waals surface area contributed by atoms with E-state index in [1.54, 1.807) is 6.07 Å². The minimum atomic E-state index is -0.588. The Morgan fingerprint density at radius 3 is 2.65 bits per heavy atom. The van der Waals surface area contributed by atoms with Crippen molar-refractivity contribution in [1.29, 1.82) is 0 Å². The van der Waals surface area contributed by atoms with Crippen LogP contribution in [0, 0.1) is 12.7 Å². The molecule has 1 aromatic heterocycles. The Bertz CT molecular complexity index is 575. The minimum absolute atomic E-state index is 0.0296. The van der Waals surface area contributed by atoms with Gasteiger partial charge in [-0.15, -0.1) is 11.3 Å². The zero-order valence-electron chi connectivity index (χ0n) is 8.96. The van der Waals surface area contributed by atoms with Crippen LogP contribution in [0.5, 0.6) is 0 Å². The zero-order valence-corrected chi connectivity index (χ0v) is 10.5. The smallest absolute Gasteiger partial charge is 0.203 e. The second kappa shape index (κ2) is 4.47. The highest BCUT2D eigenvalue weighted by atomic mass is 35.5. The van der Waals surface area contributed by atoms with Crippen LogP contribution < -0.4 is 5.73 Å². The summed E-state index contributed by atoms with van der Waals surface area (Å²) in [7, 11) is 0. The topological polar surface area (TPSA) is 43.1 Å². The maximum absolute atomic E-state index is 13.2. The summed E-state index contributed by atoms with van der Waals surface area (Å²) in [5.41, 5.74) is 6.50. The van der Waals surface area contributed by atoms with E-state index in [-0.39, 0.29) is 17.0 Å². The Morgan fingerprint density at radius 1 is 1.41 bits per heavy atom. The molecule has 88 valence electrons. The van der Waals surface area contributed by atoms with Crippen molar-refractivity contribution in [1.82, 2.24) is 0 Å². The van der Waals surface area contributed by atoms with Crippen molar-refractivity contribution >= 4 is 34.4 Å². The van der Waals surface area contributed by atoms with Crippen LogP contribution in [-0.2, 0) is 0 Å². The molecule has 0 radical (unpaired) electrons. The number of thiophene rings is 1. The Balaban J connectivity index is 2.40. The van der Waals surface area contributed by atoms with Gasteiger partial charge in [-0.2, -0.15) is 0 Å². The van der Waals surface area contributed by atoms with Crippen molar-refractivity contribution < 1.29 is 9.18 Å². The molecule has 0 aliphatic carbocycles. The standard InChI is InChI=1S/C12H9ClFNOS/c1-6-4-10(17-12(6)13)11(16)7-2-3-9(15)8(14)5-7/h2-5H,15H2,1H3. The van der Waals surface area contributed by atoms with Gasteiger partial charge >= 0.3 is 0 Å². The lowest BCUT2D eigenvalue weighted by Gasteiger charge is -2.00. The summed E-state index contributed by atoms with van der Waals surface area (Å²) >= 11 is 7.08. The number of hydrogen-bond donors (Lipinski definition) is 1. The second-order valence-electron chi connectivity index (χ2n) is 3.63. The summed E-state index contributed by atoms with van der Waals surface area (Å²) in [6, 6.07) is 5.72. The number of hydrogen-bond acceptors (Lipinski definition) is 3. The minimum Gasteiger partial charge on any atom is -0.396 e. The Morgan fingerprint density at radius 2 is 2.12 bits per heavy atom. The molecule has 0 saturated heterocycles.